The number of benzene rings is 2. The summed E-state index contributed by atoms with van der Waals surface area (Å²) in [7, 11) is 0. The summed E-state index contributed by atoms with van der Waals surface area (Å²) in [4.78, 5) is 21.4. The Labute approximate surface area is 119 Å². The van der Waals surface area contributed by atoms with Gasteiger partial charge in [-0.3, -0.25) is 10.1 Å². The van der Waals surface area contributed by atoms with Crippen LogP contribution in [0.3, 0.4) is 0 Å². The van der Waals surface area contributed by atoms with E-state index in [2.05, 4.69) is 11.8 Å². The van der Waals surface area contributed by atoms with Gasteiger partial charge in [-0.2, -0.15) is 0 Å². The second-order valence-electron chi connectivity index (χ2n) is 3.90. The summed E-state index contributed by atoms with van der Waals surface area (Å²) in [6.07, 6.45) is 0. The Balaban J connectivity index is 2.04. The van der Waals surface area contributed by atoms with Crippen LogP contribution in [0.15, 0.2) is 48.5 Å². The lowest BCUT2D eigenvalue weighted by Gasteiger charge is -1.98. The number of halogens is 1. The molecule has 6 heteroatoms. The summed E-state index contributed by atoms with van der Waals surface area (Å²) in [5.74, 6) is 3.51. The van der Waals surface area contributed by atoms with E-state index in [9.17, 15) is 19.3 Å². The highest BCUT2D eigenvalue weighted by Gasteiger charge is 2.06. The zero-order valence-electron chi connectivity index (χ0n) is 10.6. The maximum absolute atomic E-state index is 12.9. The first-order valence-electron chi connectivity index (χ1n) is 5.78. The summed E-state index contributed by atoms with van der Waals surface area (Å²) in [5, 5.41) is 10.5. The Hall–Kier alpha value is -3.20. The number of carbonyl (C=O) groups excluding carboxylic acids is 1. The minimum Gasteiger partial charge on any atom is -0.417 e. The van der Waals surface area contributed by atoms with Crippen LogP contribution in [0, 0.1) is 27.8 Å². The second-order valence-corrected chi connectivity index (χ2v) is 3.90. The number of nitrogens with zero attached hydrogens (tertiary/aromatic N) is 1. The van der Waals surface area contributed by atoms with Gasteiger partial charge < -0.3 is 4.74 Å². The molecule has 0 amide bonds. The summed E-state index contributed by atoms with van der Waals surface area (Å²) in [6.45, 7) is 0. The Morgan fingerprint density at radius 1 is 1.19 bits per heavy atom. The SMILES string of the molecule is O=C(C#Cc1cccc(F)c1)Oc1ccc([N+](=O)[O-])cc1. The molecule has 2 rings (SSSR count). The van der Waals surface area contributed by atoms with E-state index in [1.54, 1.807) is 6.07 Å². The minimum absolute atomic E-state index is 0.111. The van der Waals surface area contributed by atoms with Crippen LogP contribution in [0.2, 0.25) is 0 Å². The number of hydrogen-bond donors (Lipinski definition) is 0. The van der Waals surface area contributed by atoms with Gasteiger partial charge in [0.2, 0.25) is 0 Å². The third kappa shape index (κ3) is 4.14. The molecular formula is C15H8FNO4. The molecule has 0 atom stereocenters. The molecule has 0 fully saturated rings. The van der Waals surface area contributed by atoms with Crippen molar-refractivity contribution in [2.24, 2.45) is 0 Å². The number of rotatable bonds is 2. The number of hydrogen-bond acceptors (Lipinski definition) is 4. The fourth-order valence-electron chi connectivity index (χ4n) is 1.46. The van der Waals surface area contributed by atoms with Gasteiger partial charge in [-0.05, 0) is 30.3 Å². The van der Waals surface area contributed by atoms with Crippen molar-refractivity contribution < 1.29 is 18.8 Å². The first-order chi connectivity index (χ1) is 10.0. The van der Waals surface area contributed by atoms with Gasteiger partial charge in [0.25, 0.3) is 5.69 Å². The molecule has 0 aromatic heterocycles. The van der Waals surface area contributed by atoms with Crippen LogP contribution >= 0.6 is 0 Å². The van der Waals surface area contributed by atoms with E-state index < -0.39 is 16.7 Å². The highest BCUT2D eigenvalue weighted by molar-refractivity contribution is 5.90. The lowest BCUT2D eigenvalue weighted by Crippen LogP contribution is -2.04. The molecule has 2 aromatic rings. The van der Waals surface area contributed by atoms with Crippen LogP contribution in [-0.2, 0) is 4.79 Å². The lowest BCUT2D eigenvalue weighted by molar-refractivity contribution is -0.384. The van der Waals surface area contributed by atoms with E-state index in [0.717, 1.165) is 0 Å². The number of nitro benzene ring substituents is 1. The van der Waals surface area contributed by atoms with Gasteiger partial charge >= 0.3 is 5.97 Å². The van der Waals surface area contributed by atoms with Crippen molar-refractivity contribution >= 4 is 11.7 Å². The summed E-state index contributed by atoms with van der Waals surface area (Å²) >= 11 is 0. The first kappa shape index (κ1) is 14.2. The molecular weight excluding hydrogens is 277 g/mol. The molecule has 21 heavy (non-hydrogen) atoms. The van der Waals surface area contributed by atoms with Gasteiger partial charge in [0.05, 0.1) is 4.92 Å². The number of non-ortho nitro benzene ring substituents is 1. The highest BCUT2D eigenvalue weighted by Crippen LogP contribution is 2.17. The van der Waals surface area contributed by atoms with E-state index in [0.29, 0.717) is 5.56 Å². The van der Waals surface area contributed by atoms with Gasteiger partial charge in [-0.25, -0.2) is 9.18 Å². The van der Waals surface area contributed by atoms with E-state index in [1.807, 2.05) is 0 Å². The van der Waals surface area contributed by atoms with Crippen molar-refractivity contribution in [3.63, 3.8) is 0 Å². The van der Waals surface area contributed by atoms with Crippen LogP contribution in [0.25, 0.3) is 0 Å². The molecule has 2 aromatic carbocycles. The van der Waals surface area contributed by atoms with Crippen LogP contribution < -0.4 is 4.74 Å². The third-order valence-corrected chi connectivity index (χ3v) is 2.39. The summed E-state index contributed by atoms with van der Waals surface area (Å²) < 4.78 is 17.8. The van der Waals surface area contributed by atoms with Crippen LogP contribution in [0.1, 0.15) is 5.56 Å². The largest absolute Gasteiger partial charge is 0.417 e. The zero-order chi connectivity index (χ0) is 15.2. The van der Waals surface area contributed by atoms with Gasteiger partial charge in [-0.15, -0.1) is 0 Å². The number of esters is 1. The van der Waals surface area contributed by atoms with Crippen molar-refractivity contribution in [3.05, 3.63) is 70.0 Å². The quantitative estimate of drug-likeness (QED) is 0.280. The lowest BCUT2D eigenvalue weighted by atomic mass is 10.2. The van der Waals surface area contributed by atoms with E-state index in [-0.39, 0.29) is 11.4 Å². The van der Waals surface area contributed by atoms with Gasteiger partial charge in [-0.1, -0.05) is 12.0 Å². The number of ether oxygens (including phenoxy) is 1. The van der Waals surface area contributed by atoms with E-state index >= 15 is 0 Å². The summed E-state index contributed by atoms with van der Waals surface area (Å²) in [5.41, 5.74) is 0.233. The Kier molecular flexibility index (Phi) is 4.26. The monoisotopic (exact) mass is 285 g/mol. The molecule has 0 saturated heterocycles. The van der Waals surface area contributed by atoms with Crippen LogP contribution in [0.4, 0.5) is 10.1 Å². The predicted molar refractivity (Wildman–Crippen MR) is 72.0 cm³/mol. The van der Waals surface area contributed by atoms with Gasteiger partial charge in [0.1, 0.15) is 11.6 Å². The number of nitro groups is 1. The van der Waals surface area contributed by atoms with Gasteiger partial charge in [0, 0.05) is 23.6 Å². The third-order valence-electron chi connectivity index (χ3n) is 2.39. The standard InChI is InChI=1S/C15H8FNO4/c16-12-3-1-2-11(10-12)4-9-15(18)21-14-7-5-13(6-8-14)17(19)20/h1-3,5-8,10H. The van der Waals surface area contributed by atoms with Crippen molar-refractivity contribution in [1.29, 1.82) is 0 Å². The van der Waals surface area contributed by atoms with Crippen LogP contribution in [-0.4, -0.2) is 10.9 Å². The average molecular weight is 285 g/mol. The van der Waals surface area contributed by atoms with Crippen molar-refractivity contribution in [3.8, 4) is 17.6 Å². The highest BCUT2D eigenvalue weighted by atomic mass is 19.1. The normalized spacial score (nSPS) is 9.38. The molecule has 0 radical (unpaired) electrons. The van der Waals surface area contributed by atoms with Crippen molar-refractivity contribution in [1.82, 2.24) is 0 Å². The fraction of sp³-hybridized carbons (Fsp3) is 0. The Bertz CT molecular complexity index is 744. The second kappa shape index (κ2) is 6.30. The molecule has 0 N–H and O–H groups in total. The fourth-order valence-corrected chi connectivity index (χ4v) is 1.46. The molecule has 0 spiro atoms. The predicted octanol–water partition coefficient (Wildman–Crippen LogP) is 2.69. The number of carbonyl (C=O) groups is 1. The molecule has 5 nitrogen and oxygen atoms in total. The maximum atomic E-state index is 12.9. The molecule has 0 aliphatic carbocycles. The minimum atomic E-state index is -0.840. The first-order valence-corrected chi connectivity index (χ1v) is 5.78. The smallest absolute Gasteiger partial charge is 0.390 e. The molecule has 0 heterocycles. The van der Waals surface area contributed by atoms with E-state index in [4.69, 9.17) is 4.74 Å². The Morgan fingerprint density at radius 3 is 2.52 bits per heavy atom. The van der Waals surface area contributed by atoms with Crippen LogP contribution in [0.5, 0.6) is 5.75 Å². The summed E-state index contributed by atoms with van der Waals surface area (Å²) in [6, 6.07) is 10.5. The van der Waals surface area contributed by atoms with E-state index in [1.165, 1.54) is 42.5 Å². The zero-order valence-corrected chi connectivity index (χ0v) is 10.6. The molecule has 0 bridgehead atoms. The maximum Gasteiger partial charge on any atom is 0.390 e. The van der Waals surface area contributed by atoms with Crippen molar-refractivity contribution in [2.75, 3.05) is 0 Å². The molecule has 104 valence electrons. The Morgan fingerprint density at radius 2 is 1.90 bits per heavy atom. The molecule has 0 aliphatic rings. The molecule has 0 unspecified atom stereocenters. The van der Waals surface area contributed by atoms with Crippen molar-refractivity contribution in [2.45, 2.75) is 0 Å². The average Bonchev–Trinajstić information content (AvgIpc) is 2.46. The molecule has 0 saturated carbocycles. The topological polar surface area (TPSA) is 69.4 Å². The molecule has 0 aliphatic heterocycles. The van der Waals surface area contributed by atoms with Gasteiger partial charge in [0.15, 0.2) is 0 Å².